The lowest BCUT2D eigenvalue weighted by Crippen LogP contribution is -2.46. The highest BCUT2D eigenvalue weighted by molar-refractivity contribution is 5.96. The van der Waals surface area contributed by atoms with Crippen molar-refractivity contribution in [2.45, 2.75) is 19.2 Å². The van der Waals surface area contributed by atoms with Crippen molar-refractivity contribution in [3.8, 4) is 5.88 Å². The number of piperazine rings is 1. The van der Waals surface area contributed by atoms with Crippen LogP contribution in [0.3, 0.4) is 0 Å². The van der Waals surface area contributed by atoms with Crippen LogP contribution >= 0.6 is 0 Å². The van der Waals surface area contributed by atoms with Crippen molar-refractivity contribution >= 4 is 5.91 Å². The fourth-order valence-corrected chi connectivity index (χ4v) is 2.39. The van der Waals surface area contributed by atoms with Crippen molar-refractivity contribution in [2.75, 3.05) is 46.3 Å². The molecular formula is C16H23F3N4O2. The quantitative estimate of drug-likeness (QED) is 0.831. The Bertz CT molecular complexity index is 575. The minimum atomic E-state index is -4.52. The van der Waals surface area contributed by atoms with E-state index in [4.69, 9.17) is 4.74 Å². The number of carbonyl (C=O) groups excluding carboxylic acids is 1. The number of nitrogens with one attached hydrogen (secondary N) is 1. The van der Waals surface area contributed by atoms with Crippen molar-refractivity contribution in [2.24, 2.45) is 0 Å². The van der Waals surface area contributed by atoms with E-state index in [9.17, 15) is 18.0 Å². The molecule has 0 saturated carbocycles. The van der Waals surface area contributed by atoms with Gasteiger partial charge in [-0.25, -0.2) is 4.98 Å². The smallest absolute Gasteiger partial charge is 0.425 e. The second-order valence-electron chi connectivity index (χ2n) is 6.06. The molecule has 25 heavy (non-hydrogen) atoms. The molecule has 1 N–H and O–H groups in total. The largest absolute Gasteiger partial charge is 0.464 e. The van der Waals surface area contributed by atoms with Gasteiger partial charge in [0.2, 0.25) is 5.88 Å². The minimum absolute atomic E-state index is 0.00280. The van der Waals surface area contributed by atoms with Crippen LogP contribution in [-0.2, 0) is 0 Å². The Balaban J connectivity index is 1.89. The normalized spacial score (nSPS) is 18.0. The molecule has 0 spiro atoms. The molecular weight excluding hydrogens is 337 g/mol. The Morgan fingerprint density at radius 1 is 1.36 bits per heavy atom. The molecule has 1 aliphatic heterocycles. The number of amides is 1. The van der Waals surface area contributed by atoms with E-state index in [1.165, 1.54) is 18.3 Å². The van der Waals surface area contributed by atoms with Gasteiger partial charge < -0.3 is 15.0 Å². The number of carbonyl (C=O) groups is 1. The fourth-order valence-electron chi connectivity index (χ4n) is 2.39. The topological polar surface area (TPSA) is 57.7 Å². The van der Waals surface area contributed by atoms with E-state index in [0.29, 0.717) is 13.1 Å². The van der Waals surface area contributed by atoms with Crippen LogP contribution in [0.5, 0.6) is 5.88 Å². The van der Waals surface area contributed by atoms with Gasteiger partial charge in [-0.05, 0) is 26.1 Å². The zero-order valence-electron chi connectivity index (χ0n) is 14.3. The summed E-state index contributed by atoms with van der Waals surface area (Å²) in [6.07, 6.45) is -5.27. The van der Waals surface area contributed by atoms with Gasteiger partial charge in [-0.1, -0.05) is 0 Å². The average molecular weight is 360 g/mol. The molecule has 1 atom stereocenters. The van der Waals surface area contributed by atoms with Crippen LogP contribution in [0.2, 0.25) is 0 Å². The van der Waals surface area contributed by atoms with E-state index in [0.717, 1.165) is 33.1 Å². The summed E-state index contributed by atoms with van der Waals surface area (Å²) in [6.45, 7) is 5.78. The molecule has 0 radical (unpaired) electrons. The van der Waals surface area contributed by atoms with E-state index >= 15 is 0 Å². The molecule has 1 aromatic rings. The number of rotatable bonds is 6. The highest BCUT2D eigenvalue weighted by Gasteiger charge is 2.38. The first-order valence-electron chi connectivity index (χ1n) is 8.15. The minimum Gasteiger partial charge on any atom is -0.464 e. The van der Waals surface area contributed by atoms with Gasteiger partial charge in [0.15, 0.2) is 6.10 Å². The molecule has 0 bridgehead atoms. The number of likely N-dealkylation sites (N-methyl/N-ethyl adjacent to an activating group) is 1. The number of nitrogens with zero attached hydrogens (tertiary/aromatic N) is 3. The van der Waals surface area contributed by atoms with E-state index in [1.807, 2.05) is 0 Å². The van der Waals surface area contributed by atoms with Crippen molar-refractivity contribution < 1.29 is 22.7 Å². The Morgan fingerprint density at radius 2 is 2.04 bits per heavy atom. The van der Waals surface area contributed by atoms with Gasteiger partial charge in [0.25, 0.3) is 5.91 Å². The summed E-state index contributed by atoms with van der Waals surface area (Å²) in [5, 5.41) is 2.71. The number of alkyl halides is 3. The maximum absolute atomic E-state index is 12.6. The first-order valence-corrected chi connectivity index (χ1v) is 8.15. The Labute approximate surface area is 145 Å². The lowest BCUT2D eigenvalue weighted by molar-refractivity contribution is -0.190. The third-order valence-electron chi connectivity index (χ3n) is 4.07. The summed E-state index contributed by atoms with van der Waals surface area (Å²) < 4.78 is 42.8. The monoisotopic (exact) mass is 360 g/mol. The van der Waals surface area contributed by atoms with Gasteiger partial charge in [0, 0.05) is 45.5 Å². The molecule has 9 heteroatoms. The van der Waals surface area contributed by atoms with Crippen LogP contribution in [0.25, 0.3) is 0 Å². The highest BCUT2D eigenvalue weighted by Crippen LogP contribution is 2.25. The van der Waals surface area contributed by atoms with Crippen LogP contribution in [0, 0.1) is 0 Å². The van der Waals surface area contributed by atoms with Crippen molar-refractivity contribution in [3.63, 3.8) is 0 Å². The lowest BCUT2D eigenvalue weighted by Gasteiger charge is -2.32. The van der Waals surface area contributed by atoms with Crippen LogP contribution in [0.1, 0.15) is 17.3 Å². The number of pyridine rings is 1. The summed E-state index contributed by atoms with van der Waals surface area (Å²) in [7, 11) is 2.06. The summed E-state index contributed by atoms with van der Waals surface area (Å²) in [6, 6.07) is 2.89. The van der Waals surface area contributed by atoms with Gasteiger partial charge in [-0.2, -0.15) is 13.2 Å². The van der Waals surface area contributed by atoms with Crippen molar-refractivity contribution in [1.82, 2.24) is 20.1 Å². The molecule has 6 nitrogen and oxygen atoms in total. The van der Waals surface area contributed by atoms with Gasteiger partial charge in [0.05, 0.1) is 0 Å². The second-order valence-corrected chi connectivity index (χ2v) is 6.06. The molecule has 1 aliphatic rings. The second kappa shape index (κ2) is 8.48. The van der Waals surface area contributed by atoms with Crippen LogP contribution in [0.15, 0.2) is 18.3 Å². The van der Waals surface area contributed by atoms with Crippen molar-refractivity contribution in [3.05, 3.63) is 23.9 Å². The van der Waals surface area contributed by atoms with Crippen LogP contribution in [-0.4, -0.2) is 79.3 Å². The average Bonchev–Trinajstić information content (AvgIpc) is 2.56. The molecule has 1 unspecified atom stereocenters. The lowest BCUT2D eigenvalue weighted by atomic mass is 10.2. The number of aromatic nitrogens is 1. The zero-order chi connectivity index (χ0) is 18.4. The molecule has 2 heterocycles. The maximum Gasteiger partial charge on any atom is 0.425 e. The first-order chi connectivity index (χ1) is 11.8. The summed E-state index contributed by atoms with van der Waals surface area (Å²) in [5.74, 6) is -0.809. The van der Waals surface area contributed by atoms with Crippen LogP contribution < -0.4 is 10.1 Å². The maximum atomic E-state index is 12.6. The van der Waals surface area contributed by atoms with Gasteiger partial charge in [-0.3, -0.25) is 9.69 Å². The van der Waals surface area contributed by atoms with Crippen molar-refractivity contribution in [1.29, 1.82) is 0 Å². The van der Waals surface area contributed by atoms with Gasteiger partial charge in [0.1, 0.15) is 5.56 Å². The van der Waals surface area contributed by atoms with E-state index in [1.54, 1.807) is 0 Å². The molecule has 1 saturated heterocycles. The third kappa shape index (κ3) is 5.86. The summed E-state index contributed by atoms with van der Waals surface area (Å²) in [5.41, 5.74) is -0.00280. The molecule has 2 rings (SSSR count). The highest BCUT2D eigenvalue weighted by atomic mass is 19.4. The molecule has 1 aromatic heterocycles. The predicted molar refractivity (Wildman–Crippen MR) is 86.7 cm³/mol. The van der Waals surface area contributed by atoms with Gasteiger partial charge >= 0.3 is 6.18 Å². The van der Waals surface area contributed by atoms with Gasteiger partial charge in [-0.15, -0.1) is 0 Å². The number of ether oxygens (including phenoxy) is 1. The summed E-state index contributed by atoms with van der Waals surface area (Å²) >= 11 is 0. The molecule has 0 aromatic carbocycles. The Morgan fingerprint density at radius 3 is 2.68 bits per heavy atom. The Kier molecular flexibility index (Phi) is 6.60. The number of halogens is 3. The molecule has 1 fully saturated rings. The zero-order valence-corrected chi connectivity index (χ0v) is 14.3. The van der Waals surface area contributed by atoms with E-state index in [2.05, 4.69) is 27.1 Å². The third-order valence-corrected chi connectivity index (χ3v) is 4.07. The first kappa shape index (κ1) is 19.5. The number of hydrogen-bond acceptors (Lipinski definition) is 5. The molecule has 0 aliphatic carbocycles. The SMILES string of the molecule is CC(Oc1ncccc1C(=O)NCCN1CCN(C)CC1)C(F)(F)F. The number of hydrogen-bond donors (Lipinski definition) is 1. The van der Waals surface area contributed by atoms with Crippen LogP contribution in [0.4, 0.5) is 13.2 Å². The van der Waals surface area contributed by atoms with E-state index in [-0.39, 0.29) is 11.4 Å². The predicted octanol–water partition coefficient (Wildman–Crippen LogP) is 1.39. The molecule has 1 amide bonds. The van der Waals surface area contributed by atoms with E-state index < -0.39 is 18.2 Å². The Hall–Kier alpha value is -1.87. The standard InChI is InChI=1S/C16H23F3N4O2/c1-12(16(17,18)19)25-15-13(4-3-5-21-15)14(24)20-6-7-23-10-8-22(2)9-11-23/h3-5,12H,6-11H2,1-2H3,(H,20,24). The fraction of sp³-hybridized carbons (Fsp3) is 0.625. The molecule has 140 valence electrons. The summed E-state index contributed by atoms with van der Waals surface area (Å²) in [4.78, 5) is 20.5.